The molecular formula is C26H25NO4S. The summed E-state index contributed by atoms with van der Waals surface area (Å²) in [5.74, 6) is 1.34. The smallest absolute Gasteiger partial charge is 0.220 e. The van der Waals surface area contributed by atoms with Crippen molar-refractivity contribution in [1.29, 1.82) is 0 Å². The first-order valence-electron chi connectivity index (χ1n) is 10.4. The van der Waals surface area contributed by atoms with Crippen molar-refractivity contribution in [2.24, 2.45) is 0 Å². The number of benzene rings is 3. The molecule has 0 aliphatic carbocycles. The third kappa shape index (κ3) is 4.75. The van der Waals surface area contributed by atoms with Crippen molar-refractivity contribution in [1.82, 2.24) is 5.32 Å². The average molecular weight is 448 g/mol. The quantitative estimate of drug-likeness (QED) is 0.335. The van der Waals surface area contributed by atoms with E-state index in [1.165, 1.54) is 0 Å². The minimum absolute atomic E-state index is 0.0232. The molecule has 2 N–H and O–H groups in total. The van der Waals surface area contributed by atoms with Gasteiger partial charge in [0.1, 0.15) is 17.1 Å². The van der Waals surface area contributed by atoms with Crippen LogP contribution >= 0.6 is 11.8 Å². The van der Waals surface area contributed by atoms with Crippen LogP contribution in [-0.4, -0.2) is 24.4 Å². The maximum Gasteiger partial charge on any atom is 0.220 e. The Morgan fingerprint density at radius 3 is 2.59 bits per heavy atom. The number of amides is 1. The van der Waals surface area contributed by atoms with Gasteiger partial charge in [-0.3, -0.25) is 4.79 Å². The lowest BCUT2D eigenvalue weighted by Crippen LogP contribution is -2.22. The molecule has 0 spiro atoms. The number of ether oxygens (including phenoxy) is 1. The number of rotatable bonds is 8. The number of aryl methyl sites for hydroxylation is 1. The fourth-order valence-corrected chi connectivity index (χ4v) is 4.35. The second-order valence-electron chi connectivity index (χ2n) is 7.44. The van der Waals surface area contributed by atoms with Gasteiger partial charge in [0.05, 0.1) is 17.6 Å². The molecule has 0 unspecified atom stereocenters. The summed E-state index contributed by atoms with van der Waals surface area (Å²) in [7, 11) is 1.56. The number of furan rings is 1. The lowest BCUT2D eigenvalue weighted by atomic mass is 10.1. The van der Waals surface area contributed by atoms with Gasteiger partial charge in [-0.05, 0) is 48.1 Å². The summed E-state index contributed by atoms with van der Waals surface area (Å²) in [5, 5.41) is 14.4. The molecule has 0 bridgehead atoms. The Labute approximate surface area is 191 Å². The molecule has 1 amide bonds. The molecule has 5 nitrogen and oxygen atoms in total. The zero-order valence-corrected chi connectivity index (χ0v) is 18.9. The highest BCUT2D eigenvalue weighted by Gasteiger charge is 2.19. The molecule has 0 aliphatic rings. The van der Waals surface area contributed by atoms with E-state index in [4.69, 9.17) is 9.15 Å². The molecule has 1 heterocycles. The summed E-state index contributed by atoms with van der Waals surface area (Å²) < 4.78 is 11.3. The lowest BCUT2D eigenvalue weighted by Gasteiger charge is -2.06. The van der Waals surface area contributed by atoms with E-state index in [9.17, 15) is 9.90 Å². The van der Waals surface area contributed by atoms with Crippen LogP contribution in [0.3, 0.4) is 0 Å². The summed E-state index contributed by atoms with van der Waals surface area (Å²) in [6, 6.07) is 21.0. The largest absolute Gasteiger partial charge is 0.507 e. The third-order valence-corrected chi connectivity index (χ3v) is 6.15. The first kappa shape index (κ1) is 21.8. The number of thioether (sulfide) groups is 1. The number of methoxy groups -OCH3 is 1. The van der Waals surface area contributed by atoms with Crippen LogP contribution in [0.25, 0.3) is 22.3 Å². The van der Waals surface area contributed by atoms with Gasteiger partial charge in [0, 0.05) is 24.4 Å². The number of carbonyl (C=O) groups excluding carboxylic acids is 1. The molecule has 3 aromatic carbocycles. The van der Waals surface area contributed by atoms with E-state index in [2.05, 4.69) is 11.4 Å². The number of nitrogens with one attached hydrogen (secondary N) is 1. The van der Waals surface area contributed by atoms with Gasteiger partial charge in [-0.15, -0.1) is 11.8 Å². The van der Waals surface area contributed by atoms with Gasteiger partial charge in [-0.2, -0.15) is 0 Å². The minimum atomic E-state index is 0.0232. The molecule has 0 fully saturated rings. The van der Waals surface area contributed by atoms with E-state index in [1.807, 2.05) is 48.7 Å². The van der Waals surface area contributed by atoms with Gasteiger partial charge in [-0.1, -0.05) is 36.4 Å². The SMILES string of the molecule is COc1ccc(-c2oc3ccc(CCC(=O)NCc4ccccc4)cc3c2SC)c(O)c1. The third-order valence-electron chi connectivity index (χ3n) is 5.33. The van der Waals surface area contributed by atoms with Crippen molar-refractivity contribution in [3.8, 4) is 22.8 Å². The zero-order valence-electron chi connectivity index (χ0n) is 18.1. The Bertz CT molecular complexity index is 1230. The van der Waals surface area contributed by atoms with Crippen molar-refractivity contribution in [2.45, 2.75) is 24.3 Å². The standard InChI is InChI=1S/C26H25NO4S/c1-30-19-10-11-20(22(28)15-19)25-26(32-2)21-14-17(8-12-23(21)31-25)9-13-24(29)27-16-18-6-4-3-5-7-18/h3-8,10-12,14-15,28H,9,13,16H2,1-2H3,(H,27,29). The van der Waals surface area contributed by atoms with Crippen LogP contribution in [0.15, 0.2) is 76.0 Å². The van der Waals surface area contributed by atoms with E-state index >= 15 is 0 Å². The van der Waals surface area contributed by atoms with Crippen LogP contribution in [0.1, 0.15) is 17.5 Å². The predicted molar refractivity (Wildman–Crippen MR) is 128 cm³/mol. The molecular weight excluding hydrogens is 422 g/mol. The van der Waals surface area contributed by atoms with E-state index in [1.54, 1.807) is 37.1 Å². The van der Waals surface area contributed by atoms with Crippen molar-refractivity contribution < 1.29 is 19.1 Å². The fourth-order valence-electron chi connectivity index (χ4n) is 3.63. The van der Waals surface area contributed by atoms with Gasteiger partial charge < -0.3 is 19.6 Å². The van der Waals surface area contributed by atoms with Gasteiger partial charge in [0.25, 0.3) is 0 Å². The van der Waals surface area contributed by atoms with Crippen LogP contribution in [0.4, 0.5) is 0 Å². The number of phenols is 1. The Balaban J connectivity index is 1.51. The number of hydrogen-bond acceptors (Lipinski definition) is 5. The van der Waals surface area contributed by atoms with Crippen molar-refractivity contribution in [3.63, 3.8) is 0 Å². The van der Waals surface area contributed by atoms with Crippen LogP contribution < -0.4 is 10.1 Å². The molecule has 164 valence electrons. The fraction of sp³-hybridized carbons (Fsp3) is 0.192. The van der Waals surface area contributed by atoms with Crippen LogP contribution in [-0.2, 0) is 17.8 Å². The van der Waals surface area contributed by atoms with Gasteiger partial charge >= 0.3 is 0 Å². The molecule has 0 atom stereocenters. The van der Waals surface area contributed by atoms with Crippen molar-refractivity contribution in [2.75, 3.05) is 13.4 Å². The molecule has 1 aromatic heterocycles. The first-order valence-corrected chi connectivity index (χ1v) is 11.6. The Morgan fingerprint density at radius 2 is 1.88 bits per heavy atom. The van der Waals surface area contributed by atoms with E-state index in [0.29, 0.717) is 36.5 Å². The molecule has 4 aromatic rings. The minimum Gasteiger partial charge on any atom is -0.507 e. The Kier molecular flexibility index (Phi) is 6.71. The number of aromatic hydroxyl groups is 1. The molecule has 6 heteroatoms. The second-order valence-corrected chi connectivity index (χ2v) is 8.26. The molecule has 0 saturated carbocycles. The van der Waals surface area contributed by atoms with E-state index in [0.717, 1.165) is 27.0 Å². The monoisotopic (exact) mass is 447 g/mol. The zero-order chi connectivity index (χ0) is 22.5. The summed E-state index contributed by atoms with van der Waals surface area (Å²) in [5.41, 5.74) is 3.51. The van der Waals surface area contributed by atoms with Gasteiger partial charge in [0.2, 0.25) is 5.91 Å². The van der Waals surface area contributed by atoms with Crippen LogP contribution in [0.5, 0.6) is 11.5 Å². The average Bonchev–Trinajstić information content (AvgIpc) is 3.19. The second kappa shape index (κ2) is 9.83. The topological polar surface area (TPSA) is 71.7 Å². The van der Waals surface area contributed by atoms with Gasteiger partial charge in [0.15, 0.2) is 5.76 Å². The van der Waals surface area contributed by atoms with Crippen molar-refractivity contribution in [3.05, 3.63) is 77.9 Å². The summed E-state index contributed by atoms with van der Waals surface area (Å²) in [6.45, 7) is 0.534. The number of hydrogen-bond donors (Lipinski definition) is 2. The molecule has 0 radical (unpaired) electrons. The molecule has 4 rings (SSSR count). The first-order chi connectivity index (χ1) is 15.6. The van der Waals surface area contributed by atoms with E-state index in [-0.39, 0.29) is 11.7 Å². The highest BCUT2D eigenvalue weighted by molar-refractivity contribution is 7.99. The van der Waals surface area contributed by atoms with Gasteiger partial charge in [-0.25, -0.2) is 0 Å². The molecule has 0 aliphatic heterocycles. The summed E-state index contributed by atoms with van der Waals surface area (Å²) in [6.07, 6.45) is 3.04. The van der Waals surface area contributed by atoms with Crippen LogP contribution in [0.2, 0.25) is 0 Å². The number of phenolic OH excluding ortho intramolecular Hbond substituents is 1. The highest BCUT2D eigenvalue weighted by Crippen LogP contribution is 2.43. The molecule has 32 heavy (non-hydrogen) atoms. The van der Waals surface area contributed by atoms with Crippen LogP contribution in [0, 0.1) is 0 Å². The number of fused-ring (bicyclic) bond motifs is 1. The summed E-state index contributed by atoms with van der Waals surface area (Å²) >= 11 is 1.57. The highest BCUT2D eigenvalue weighted by atomic mass is 32.2. The maximum atomic E-state index is 12.3. The lowest BCUT2D eigenvalue weighted by molar-refractivity contribution is -0.121. The Morgan fingerprint density at radius 1 is 1.06 bits per heavy atom. The normalized spacial score (nSPS) is 10.9. The molecule has 0 saturated heterocycles. The Hall–Kier alpha value is -3.38. The number of carbonyl (C=O) groups is 1. The summed E-state index contributed by atoms with van der Waals surface area (Å²) in [4.78, 5) is 13.2. The maximum absolute atomic E-state index is 12.3. The van der Waals surface area contributed by atoms with Crippen molar-refractivity contribution >= 4 is 28.6 Å². The van der Waals surface area contributed by atoms with E-state index < -0.39 is 0 Å². The predicted octanol–water partition coefficient (Wildman–Crippen LogP) is 5.78.